The number of nitrogens with zero attached hydrogens (tertiary/aromatic N) is 1. The lowest BCUT2D eigenvalue weighted by atomic mass is 9.85. The number of hydrogen-bond acceptors (Lipinski definition) is 4. The minimum atomic E-state index is -0.453. The van der Waals surface area contributed by atoms with Gasteiger partial charge in [-0.2, -0.15) is 0 Å². The van der Waals surface area contributed by atoms with Gasteiger partial charge in [0.05, 0.1) is 19.8 Å². The molecule has 1 aromatic rings. The van der Waals surface area contributed by atoms with Gasteiger partial charge in [0.25, 0.3) is 0 Å². The van der Waals surface area contributed by atoms with Gasteiger partial charge in [-0.05, 0) is 44.6 Å². The van der Waals surface area contributed by atoms with E-state index in [0.717, 1.165) is 24.4 Å². The van der Waals surface area contributed by atoms with Gasteiger partial charge >= 0.3 is 0 Å². The molecule has 0 spiro atoms. The molecule has 0 saturated heterocycles. The van der Waals surface area contributed by atoms with Gasteiger partial charge in [-0.15, -0.1) is 0 Å². The Balaban J connectivity index is 3.14. The van der Waals surface area contributed by atoms with Crippen LogP contribution in [0.5, 0.6) is 11.5 Å². The lowest BCUT2D eigenvalue weighted by molar-refractivity contribution is 0.154. The molecule has 0 radical (unpaired) electrons. The number of benzene rings is 1. The van der Waals surface area contributed by atoms with Crippen LogP contribution in [0.1, 0.15) is 33.3 Å². The van der Waals surface area contributed by atoms with E-state index in [1.165, 1.54) is 0 Å². The van der Waals surface area contributed by atoms with E-state index in [-0.39, 0.29) is 6.04 Å². The maximum absolute atomic E-state index is 6.61. The summed E-state index contributed by atoms with van der Waals surface area (Å²) >= 11 is 0. The molecule has 0 aliphatic heterocycles. The Bertz CT molecular complexity index is 428. The zero-order chi connectivity index (χ0) is 15.3. The Labute approximate surface area is 122 Å². The number of likely N-dealkylation sites (N-methyl/N-ethyl adjacent to an activating group) is 1. The molecule has 0 saturated carbocycles. The maximum Gasteiger partial charge on any atom is 0.161 e. The maximum atomic E-state index is 6.61. The highest BCUT2D eigenvalue weighted by Gasteiger charge is 2.32. The second kappa shape index (κ2) is 6.95. The van der Waals surface area contributed by atoms with Crippen molar-refractivity contribution in [2.24, 2.45) is 5.73 Å². The van der Waals surface area contributed by atoms with Crippen LogP contribution in [0.25, 0.3) is 0 Å². The molecule has 20 heavy (non-hydrogen) atoms. The smallest absolute Gasteiger partial charge is 0.161 e. The fraction of sp³-hybridized carbons (Fsp3) is 0.625. The molecule has 0 heterocycles. The van der Waals surface area contributed by atoms with Crippen LogP contribution in [0.2, 0.25) is 0 Å². The van der Waals surface area contributed by atoms with Gasteiger partial charge in [0.1, 0.15) is 0 Å². The Morgan fingerprint density at radius 3 is 2.15 bits per heavy atom. The molecule has 2 N–H and O–H groups in total. The van der Waals surface area contributed by atoms with Crippen LogP contribution in [0.4, 0.5) is 0 Å². The topological polar surface area (TPSA) is 47.7 Å². The Kier molecular flexibility index (Phi) is 5.84. The van der Waals surface area contributed by atoms with Crippen molar-refractivity contribution in [2.45, 2.75) is 39.3 Å². The molecule has 0 aliphatic carbocycles. The molecule has 0 bridgehead atoms. The van der Waals surface area contributed by atoms with Crippen LogP contribution in [-0.2, 0) is 5.54 Å². The zero-order valence-electron chi connectivity index (χ0n) is 13.6. The standard InChI is InChI=1S/C16H28N2O2/c1-7-18(8-2)12(3)16(4,17)13-9-10-14(19-5)15(11-13)20-6/h9-12H,7-8,17H2,1-6H3. The van der Waals surface area contributed by atoms with Crippen molar-refractivity contribution >= 4 is 0 Å². The van der Waals surface area contributed by atoms with E-state index in [1.54, 1.807) is 14.2 Å². The molecule has 0 aromatic heterocycles. The van der Waals surface area contributed by atoms with Crippen molar-refractivity contribution in [1.82, 2.24) is 4.90 Å². The number of nitrogens with two attached hydrogens (primary N) is 1. The monoisotopic (exact) mass is 280 g/mol. The predicted molar refractivity (Wildman–Crippen MR) is 83.5 cm³/mol. The van der Waals surface area contributed by atoms with E-state index in [1.807, 2.05) is 18.2 Å². The first-order chi connectivity index (χ1) is 9.42. The van der Waals surface area contributed by atoms with Crippen molar-refractivity contribution in [2.75, 3.05) is 27.3 Å². The third-order valence-electron chi connectivity index (χ3n) is 4.23. The summed E-state index contributed by atoms with van der Waals surface area (Å²) in [5.41, 5.74) is 7.21. The largest absolute Gasteiger partial charge is 0.493 e. The van der Waals surface area contributed by atoms with Crippen LogP contribution in [0.15, 0.2) is 18.2 Å². The molecule has 0 aliphatic rings. The first kappa shape index (κ1) is 16.8. The molecule has 0 fully saturated rings. The second-order valence-corrected chi connectivity index (χ2v) is 5.25. The van der Waals surface area contributed by atoms with Crippen molar-refractivity contribution < 1.29 is 9.47 Å². The van der Waals surface area contributed by atoms with Crippen molar-refractivity contribution in [1.29, 1.82) is 0 Å². The summed E-state index contributed by atoms with van der Waals surface area (Å²) in [6.07, 6.45) is 0. The molecule has 1 rings (SSSR count). The molecule has 4 heteroatoms. The summed E-state index contributed by atoms with van der Waals surface area (Å²) < 4.78 is 10.6. The van der Waals surface area contributed by atoms with Gasteiger partial charge in [-0.25, -0.2) is 0 Å². The van der Waals surface area contributed by atoms with E-state index in [4.69, 9.17) is 15.2 Å². The third kappa shape index (κ3) is 3.25. The molecule has 1 aromatic carbocycles. The number of methoxy groups -OCH3 is 2. The van der Waals surface area contributed by atoms with E-state index < -0.39 is 5.54 Å². The van der Waals surface area contributed by atoms with E-state index in [0.29, 0.717) is 5.75 Å². The minimum absolute atomic E-state index is 0.232. The van der Waals surface area contributed by atoms with Gasteiger partial charge in [-0.1, -0.05) is 19.9 Å². The molecule has 0 amide bonds. The SMILES string of the molecule is CCN(CC)C(C)C(C)(N)c1ccc(OC)c(OC)c1. The molecular formula is C16H28N2O2. The van der Waals surface area contributed by atoms with Crippen molar-refractivity contribution in [3.8, 4) is 11.5 Å². The summed E-state index contributed by atoms with van der Waals surface area (Å²) in [4.78, 5) is 2.36. The van der Waals surface area contributed by atoms with Crippen LogP contribution in [-0.4, -0.2) is 38.3 Å². The molecule has 2 atom stereocenters. The first-order valence-electron chi connectivity index (χ1n) is 7.17. The molecule has 114 valence electrons. The van der Waals surface area contributed by atoms with Gasteiger partial charge in [0.15, 0.2) is 11.5 Å². The number of hydrogen-bond donors (Lipinski definition) is 1. The second-order valence-electron chi connectivity index (χ2n) is 5.25. The van der Waals surface area contributed by atoms with Crippen LogP contribution < -0.4 is 15.2 Å². The van der Waals surface area contributed by atoms with E-state index in [9.17, 15) is 0 Å². The first-order valence-corrected chi connectivity index (χ1v) is 7.17. The number of rotatable bonds is 7. The van der Waals surface area contributed by atoms with Gasteiger partial charge in [0.2, 0.25) is 0 Å². The van der Waals surface area contributed by atoms with Gasteiger partial charge < -0.3 is 15.2 Å². The summed E-state index contributed by atoms with van der Waals surface area (Å²) in [5, 5.41) is 0. The number of ether oxygens (including phenoxy) is 2. The highest BCUT2D eigenvalue weighted by atomic mass is 16.5. The molecule has 2 unspecified atom stereocenters. The Morgan fingerprint density at radius 1 is 1.15 bits per heavy atom. The summed E-state index contributed by atoms with van der Waals surface area (Å²) in [7, 11) is 3.28. The zero-order valence-corrected chi connectivity index (χ0v) is 13.6. The average Bonchev–Trinajstić information content (AvgIpc) is 2.47. The van der Waals surface area contributed by atoms with Crippen molar-refractivity contribution in [3.63, 3.8) is 0 Å². The summed E-state index contributed by atoms with van der Waals surface area (Å²) in [6, 6.07) is 6.13. The Morgan fingerprint density at radius 2 is 1.70 bits per heavy atom. The minimum Gasteiger partial charge on any atom is -0.493 e. The average molecular weight is 280 g/mol. The van der Waals surface area contributed by atoms with Crippen LogP contribution in [0, 0.1) is 0 Å². The fourth-order valence-electron chi connectivity index (χ4n) is 2.56. The van der Waals surface area contributed by atoms with Gasteiger partial charge in [-0.3, -0.25) is 4.90 Å². The molecule has 4 nitrogen and oxygen atoms in total. The van der Waals surface area contributed by atoms with Crippen LogP contribution in [0.3, 0.4) is 0 Å². The van der Waals surface area contributed by atoms with Gasteiger partial charge in [0, 0.05) is 6.04 Å². The Hall–Kier alpha value is -1.26. The third-order valence-corrected chi connectivity index (χ3v) is 4.23. The lowest BCUT2D eigenvalue weighted by Gasteiger charge is -2.39. The fourth-order valence-corrected chi connectivity index (χ4v) is 2.56. The lowest BCUT2D eigenvalue weighted by Crippen LogP contribution is -2.52. The van der Waals surface area contributed by atoms with E-state index in [2.05, 4.69) is 32.6 Å². The quantitative estimate of drug-likeness (QED) is 0.834. The normalized spacial score (nSPS) is 15.8. The summed E-state index contributed by atoms with van der Waals surface area (Å²) in [5.74, 6) is 1.44. The van der Waals surface area contributed by atoms with Crippen LogP contribution >= 0.6 is 0 Å². The molecular weight excluding hydrogens is 252 g/mol. The predicted octanol–water partition coefficient (Wildman–Crippen LogP) is 2.61. The van der Waals surface area contributed by atoms with E-state index >= 15 is 0 Å². The summed E-state index contributed by atoms with van der Waals surface area (Å²) in [6.45, 7) is 10.5. The van der Waals surface area contributed by atoms with Crippen molar-refractivity contribution in [3.05, 3.63) is 23.8 Å². The highest BCUT2D eigenvalue weighted by molar-refractivity contribution is 5.45. The highest BCUT2D eigenvalue weighted by Crippen LogP contribution is 2.33.